The zero-order valence-corrected chi connectivity index (χ0v) is 16.2. The third-order valence-corrected chi connectivity index (χ3v) is 5.51. The summed E-state index contributed by atoms with van der Waals surface area (Å²) in [4.78, 5) is 18.7. The fourth-order valence-electron chi connectivity index (χ4n) is 3.86. The molecule has 0 radical (unpaired) electrons. The number of para-hydroxylation sites is 1. The van der Waals surface area contributed by atoms with Gasteiger partial charge in [-0.3, -0.25) is 0 Å². The van der Waals surface area contributed by atoms with E-state index in [1.807, 2.05) is 43.3 Å². The van der Waals surface area contributed by atoms with Gasteiger partial charge in [0.25, 0.3) is 0 Å². The smallest absolute Gasteiger partial charge is 0.340 e. The normalized spacial score (nSPS) is 14.8. The van der Waals surface area contributed by atoms with E-state index in [4.69, 9.17) is 9.72 Å². The molecule has 0 aliphatic heterocycles. The first-order valence-electron chi connectivity index (χ1n) is 9.62. The van der Waals surface area contributed by atoms with E-state index in [0.29, 0.717) is 18.2 Å². The summed E-state index contributed by atoms with van der Waals surface area (Å²) < 4.78 is 18.3. The molecular weight excluding hydrogens is 355 g/mol. The molecule has 4 nitrogen and oxygen atoms in total. The number of hydrogen-bond acceptors (Lipinski definition) is 3. The Morgan fingerprint density at radius 3 is 2.54 bits per heavy atom. The molecule has 144 valence electrons. The van der Waals surface area contributed by atoms with Crippen LogP contribution in [-0.2, 0) is 17.8 Å². The van der Waals surface area contributed by atoms with Crippen LogP contribution in [0.3, 0.4) is 0 Å². The van der Waals surface area contributed by atoms with Gasteiger partial charge in [-0.05, 0) is 30.7 Å². The Morgan fingerprint density at radius 1 is 1.14 bits per heavy atom. The van der Waals surface area contributed by atoms with E-state index in [0.717, 1.165) is 47.1 Å². The van der Waals surface area contributed by atoms with E-state index < -0.39 is 0 Å². The zero-order valence-electron chi connectivity index (χ0n) is 16.2. The summed E-state index contributed by atoms with van der Waals surface area (Å²) in [5.74, 6) is -0.570. The maximum atomic E-state index is 13.2. The molecule has 1 heterocycles. The minimum absolute atomic E-state index is 0.225. The molecule has 1 unspecified atom stereocenters. The molecule has 0 amide bonds. The molecule has 1 saturated carbocycles. The lowest BCUT2D eigenvalue weighted by molar-refractivity contribution is -0.938. The van der Waals surface area contributed by atoms with Crippen LogP contribution in [0.15, 0.2) is 48.5 Å². The summed E-state index contributed by atoms with van der Waals surface area (Å²) in [7, 11) is 1.41. The Labute approximate surface area is 164 Å². The third kappa shape index (κ3) is 3.76. The van der Waals surface area contributed by atoms with E-state index >= 15 is 0 Å². The van der Waals surface area contributed by atoms with Crippen molar-refractivity contribution in [3.8, 4) is 0 Å². The van der Waals surface area contributed by atoms with Crippen molar-refractivity contribution in [1.29, 1.82) is 0 Å². The summed E-state index contributed by atoms with van der Waals surface area (Å²) >= 11 is 0. The summed E-state index contributed by atoms with van der Waals surface area (Å²) in [6, 6.07) is 15.1. The maximum Gasteiger partial charge on any atom is 0.340 e. The number of aromatic nitrogens is 1. The number of aryl methyl sites for hydroxylation is 1. The van der Waals surface area contributed by atoms with Gasteiger partial charge in [-0.1, -0.05) is 30.3 Å². The first-order valence-corrected chi connectivity index (χ1v) is 9.62. The number of fused-ring (bicyclic) bond motifs is 1. The first kappa shape index (κ1) is 18.6. The maximum absolute atomic E-state index is 13.2. The Balaban J connectivity index is 1.71. The van der Waals surface area contributed by atoms with E-state index in [1.165, 1.54) is 24.1 Å². The number of nitrogens with one attached hydrogen (secondary N) is 1. The van der Waals surface area contributed by atoms with Gasteiger partial charge < -0.3 is 9.64 Å². The first-order chi connectivity index (χ1) is 13.6. The van der Waals surface area contributed by atoms with E-state index in [1.54, 1.807) is 0 Å². The monoisotopic (exact) mass is 379 g/mol. The number of ether oxygens (including phenoxy) is 1. The molecule has 1 aliphatic rings. The Bertz CT molecular complexity index is 1010. The van der Waals surface area contributed by atoms with Crippen LogP contribution in [0, 0.1) is 12.7 Å². The van der Waals surface area contributed by atoms with Gasteiger partial charge in [0.2, 0.25) is 0 Å². The number of hydrogen-bond donors (Lipinski definition) is 1. The number of halogens is 1. The molecule has 2 aromatic carbocycles. The van der Waals surface area contributed by atoms with Crippen LogP contribution < -0.4 is 4.90 Å². The average molecular weight is 379 g/mol. The number of pyridine rings is 1. The minimum Gasteiger partial charge on any atom is -0.465 e. The van der Waals surface area contributed by atoms with Crippen LogP contribution in [0.1, 0.15) is 40.0 Å². The number of esters is 1. The topological polar surface area (TPSA) is 43.6 Å². The average Bonchev–Trinajstić information content (AvgIpc) is 3.54. The van der Waals surface area contributed by atoms with Gasteiger partial charge in [0, 0.05) is 23.8 Å². The quantitative estimate of drug-likeness (QED) is 0.669. The number of rotatable bonds is 6. The van der Waals surface area contributed by atoms with Crippen molar-refractivity contribution in [2.24, 2.45) is 0 Å². The van der Waals surface area contributed by atoms with Gasteiger partial charge in [-0.15, -0.1) is 0 Å². The van der Waals surface area contributed by atoms with Crippen molar-refractivity contribution in [2.75, 3.05) is 7.11 Å². The summed E-state index contributed by atoms with van der Waals surface area (Å²) in [6.07, 6.45) is 2.33. The number of carbonyl (C=O) groups excluding carboxylic acids is 1. The number of carbonyl (C=O) groups is 1. The molecule has 0 saturated heterocycles. The highest BCUT2D eigenvalue weighted by atomic mass is 19.1. The van der Waals surface area contributed by atoms with Crippen LogP contribution in [0.2, 0.25) is 0 Å². The second-order valence-corrected chi connectivity index (χ2v) is 7.48. The lowest BCUT2D eigenvalue weighted by Gasteiger charge is -2.21. The van der Waals surface area contributed by atoms with Gasteiger partial charge in [-0.2, -0.15) is 0 Å². The Kier molecular flexibility index (Phi) is 5.09. The standard InChI is InChI=1S/C23H23FN2O2/c1-15-19-5-3-4-6-20(19)25-21(22(15)23(27)28-2)14-26(18-11-12-18)13-16-7-9-17(24)10-8-16/h3-10,18H,11-14H2,1-2H3/p+1. The van der Waals surface area contributed by atoms with Crippen LogP contribution in [-0.4, -0.2) is 24.1 Å². The van der Waals surface area contributed by atoms with Crippen LogP contribution in [0.5, 0.6) is 0 Å². The summed E-state index contributed by atoms with van der Waals surface area (Å²) in [6.45, 7) is 3.37. The van der Waals surface area contributed by atoms with E-state index in [2.05, 4.69) is 0 Å². The number of nitrogens with zero attached hydrogens (tertiary/aromatic N) is 1. The summed E-state index contributed by atoms with van der Waals surface area (Å²) in [5, 5.41) is 0.971. The molecule has 4 rings (SSSR count). The second kappa shape index (κ2) is 7.68. The van der Waals surface area contributed by atoms with E-state index in [-0.39, 0.29) is 11.8 Å². The predicted octanol–water partition coefficient (Wildman–Crippen LogP) is 3.22. The van der Waals surface area contributed by atoms with Crippen molar-refractivity contribution in [3.63, 3.8) is 0 Å². The van der Waals surface area contributed by atoms with Crippen molar-refractivity contribution in [1.82, 2.24) is 4.98 Å². The summed E-state index contributed by atoms with van der Waals surface area (Å²) in [5.41, 5.74) is 4.22. The molecule has 28 heavy (non-hydrogen) atoms. The van der Waals surface area contributed by atoms with Crippen LogP contribution >= 0.6 is 0 Å². The van der Waals surface area contributed by atoms with Crippen LogP contribution in [0.25, 0.3) is 10.9 Å². The largest absolute Gasteiger partial charge is 0.465 e. The number of benzene rings is 2. The van der Waals surface area contributed by atoms with Crippen molar-refractivity contribution >= 4 is 16.9 Å². The fraction of sp³-hybridized carbons (Fsp3) is 0.304. The van der Waals surface area contributed by atoms with Gasteiger partial charge in [-0.25, -0.2) is 14.2 Å². The molecule has 1 aromatic heterocycles. The van der Waals surface area contributed by atoms with Gasteiger partial charge in [0.05, 0.1) is 24.2 Å². The lowest BCUT2D eigenvalue weighted by atomic mass is 10.0. The second-order valence-electron chi connectivity index (χ2n) is 7.48. The molecule has 3 aromatic rings. The molecule has 1 fully saturated rings. The minimum atomic E-state index is -0.345. The van der Waals surface area contributed by atoms with Crippen molar-refractivity contribution in [3.05, 3.63) is 76.7 Å². The lowest BCUT2D eigenvalue weighted by Crippen LogP contribution is -3.10. The molecule has 5 heteroatoms. The number of methoxy groups -OCH3 is 1. The Morgan fingerprint density at radius 2 is 1.86 bits per heavy atom. The predicted molar refractivity (Wildman–Crippen MR) is 106 cm³/mol. The molecular formula is C23H24FN2O2+. The zero-order chi connectivity index (χ0) is 19.7. The molecule has 0 spiro atoms. The highest BCUT2D eigenvalue weighted by Gasteiger charge is 2.35. The molecule has 0 bridgehead atoms. The SMILES string of the molecule is COC(=O)c1c(C[NH+](Cc2ccc(F)cc2)C2CC2)nc2ccccc2c1C. The number of quaternary nitrogens is 1. The molecule has 1 aliphatic carbocycles. The Hall–Kier alpha value is -2.79. The van der Waals surface area contributed by atoms with Crippen LogP contribution in [0.4, 0.5) is 4.39 Å². The van der Waals surface area contributed by atoms with Crippen molar-refractivity contribution < 1.29 is 18.8 Å². The molecule has 1 atom stereocenters. The highest BCUT2D eigenvalue weighted by molar-refractivity contribution is 5.98. The van der Waals surface area contributed by atoms with Gasteiger partial charge in [0.15, 0.2) is 0 Å². The van der Waals surface area contributed by atoms with Crippen molar-refractivity contribution in [2.45, 2.75) is 38.9 Å². The highest BCUT2D eigenvalue weighted by Crippen LogP contribution is 2.24. The fourth-order valence-corrected chi connectivity index (χ4v) is 3.86. The molecule has 1 N–H and O–H groups in total. The third-order valence-electron chi connectivity index (χ3n) is 5.51. The van der Waals surface area contributed by atoms with Gasteiger partial charge >= 0.3 is 5.97 Å². The van der Waals surface area contributed by atoms with Gasteiger partial charge in [0.1, 0.15) is 24.6 Å². The van der Waals surface area contributed by atoms with E-state index in [9.17, 15) is 9.18 Å².